The molecule has 0 atom stereocenters. The number of likely N-dealkylation sites (N-methyl/N-ethyl adjacent to an activating group) is 2. The molecule has 0 unspecified atom stereocenters. The van der Waals surface area contributed by atoms with Gasteiger partial charge in [-0.25, -0.2) is 0 Å². The minimum absolute atomic E-state index is 0.158. The van der Waals surface area contributed by atoms with Crippen LogP contribution in [-0.4, -0.2) is 86.3 Å². The molecule has 1 aromatic carbocycles. The number of carbonyl (C=O) groups excluding carboxylic acids is 2. The van der Waals surface area contributed by atoms with E-state index in [4.69, 9.17) is 20.0 Å². The number of rotatable bonds is 18. The fourth-order valence-corrected chi connectivity index (χ4v) is 4.72. The molecule has 1 aromatic rings. The number of aryl methyl sites for hydroxylation is 1. The van der Waals surface area contributed by atoms with Gasteiger partial charge in [0, 0.05) is 42.6 Å². The summed E-state index contributed by atoms with van der Waals surface area (Å²) in [6, 6.07) is 6.99. The highest BCUT2D eigenvalue weighted by atomic mass is 16.5. The number of likely N-dealkylation sites (tertiary alicyclic amines) is 1. The van der Waals surface area contributed by atoms with Crippen LogP contribution in [0.1, 0.15) is 151 Å². The number of aliphatic hydroxyl groups excluding tert-OH is 1. The molecule has 0 spiro atoms. The molecule has 1 aliphatic rings. The lowest BCUT2D eigenvalue weighted by molar-refractivity contribution is -0.116. The molecule has 3 N–H and O–H groups in total. The van der Waals surface area contributed by atoms with Gasteiger partial charge in [-0.15, -0.1) is 0 Å². The maximum Gasteiger partial charge on any atom is 0.251 e. The van der Waals surface area contributed by atoms with Crippen LogP contribution in [0.5, 0.6) is 5.75 Å². The number of aliphatic hydroxyl groups is 1. The molecule has 8 nitrogen and oxygen atoms in total. The van der Waals surface area contributed by atoms with Gasteiger partial charge >= 0.3 is 0 Å². The maximum absolute atomic E-state index is 13.0. The predicted molar refractivity (Wildman–Crippen MR) is 222 cm³/mol. The van der Waals surface area contributed by atoms with Crippen LogP contribution in [0.3, 0.4) is 0 Å². The average Bonchev–Trinajstić information content (AvgIpc) is 3.13. The average molecular weight is 717 g/mol. The van der Waals surface area contributed by atoms with Crippen LogP contribution in [0.2, 0.25) is 0 Å². The number of hydrogen-bond donors (Lipinski definition) is 3. The van der Waals surface area contributed by atoms with E-state index in [0.29, 0.717) is 30.9 Å². The second kappa shape index (κ2) is 34.3. The van der Waals surface area contributed by atoms with Gasteiger partial charge in [-0.3, -0.25) is 4.79 Å². The fraction of sp³-hybridized carbons (Fsp3) is 0.698. The highest BCUT2D eigenvalue weighted by Crippen LogP contribution is 2.30. The SMILES string of the molecule is C=O.CCCC.CCCC.CCCC(=N)/C(C)=C(\C)C(=O)NC(=C(C)CC)c1cc(CCC)ccc1OCC.CN1CC(N(C)CCCCO)C1. The minimum Gasteiger partial charge on any atom is -0.493 e. The summed E-state index contributed by atoms with van der Waals surface area (Å²) in [5, 5.41) is 19.9. The Morgan fingerprint density at radius 1 is 0.922 bits per heavy atom. The Hall–Kier alpha value is -2.81. The molecule has 2 rings (SSSR count). The van der Waals surface area contributed by atoms with Crippen molar-refractivity contribution in [2.45, 2.75) is 153 Å². The monoisotopic (exact) mass is 717 g/mol. The highest BCUT2D eigenvalue weighted by molar-refractivity contribution is 6.08. The fourth-order valence-electron chi connectivity index (χ4n) is 4.72. The van der Waals surface area contributed by atoms with Gasteiger partial charge < -0.3 is 35.2 Å². The van der Waals surface area contributed by atoms with Gasteiger partial charge in [0.2, 0.25) is 0 Å². The number of nitrogens with one attached hydrogen (secondary N) is 2. The molecule has 1 aliphatic heterocycles. The largest absolute Gasteiger partial charge is 0.493 e. The van der Waals surface area contributed by atoms with Crippen molar-refractivity contribution in [3.63, 3.8) is 0 Å². The predicted octanol–water partition coefficient (Wildman–Crippen LogP) is 9.88. The molecule has 1 amide bonds. The zero-order valence-corrected chi connectivity index (χ0v) is 35.4. The van der Waals surface area contributed by atoms with Gasteiger partial charge in [0.25, 0.3) is 5.91 Å². The Bertz CT molecular complexity index is 1100. The Morgan fingerprint density at radius 3 is 1.92 bits per heavy atom. The van der Waals surface area contributed by atoms with Crippen LogP contribution in [0, 0.1) is 5.41 Å². The van der Waals surface area contributed by atoms with Crippen molar-refractivity contribution in [1.82, 2.24) is 15.1 Å². The molecule has 0 radical (unpaired) electrons. The van der Waals surface area contributed by atoms with E-state index in [-0.39, 0.29) is 5.91 Å². The number of allylic oxidation sites excluding steroid dienone is 2. The number of unbranched alkanes of at least 4 members (excludes halogenated alkanes) is 3. The first kappa shape index (κ1) is 52.5. The van der Waals surface area contributed by atoms with Gasteiger partial charge in [-0.2, -0.15) is 0 Å². The van der Waals surface area contributed by atoms with E-state index in [2.05, 4.69) is 82.9 Å². The number of ether oxygens (including phenoxy) is 1. The summed E-state index contributed by atoms with van der Waals surface area (Å²) in [6.45, 7) is 29.1. The van der Waals surface area contributed by atoms with E-state index >= 15 is 0 Å². The highest BCUT2D eigenvalue weighted by Gasteiger charge is 2.26. The number of carbonyl (C=O) groups is 2. The Kier molecular flexibility index (Phi) is 35.3. The Labute approximate surface area is 315 Å². The van der Waals surface area contributed by atoms with Gasteiger partial charge in [0.15, 0.2) is 0 Å². The first-order valence-corrected chi connectivity index (χ1v) is 19.7. The first-order chi connectivity index (χ1) is 24.4. The lowest BCUT2D eigenvalue weighted by atomic mass is 9.98. The lowest BCUT2D eigenvalue weighted by Crippen LogP contribution is -2.56. The Morgan fingerprint density at radius 2 is 1.49 bits per heavy atom. The van der Waals surface area contributed by atoms with E-state index in [1.54, 1.807) is 6.92 Å². The van der Waals surface area contributed by atoms with Gasteiger partial charge in [-0.1, -0.05) is 93.1 Å². The van der Waals surface area contributed by atoms with Crippen molar-refractivity contribution in [2.75, 3.05) is 46.9 Å². The minimum atomic E-state index is -0.158. The summed E-state index contributed by atoms with van der Waals surface area (Å²) in [4.78, 5) is 25.8. The molecular weight excluding hydrogens is 636 g/mol. The van der Waals surface area contributed by atoms with Crippen LogP contribution >= 0.6 is 0 Å². The summed E-state index contributed by atoms with van der Waals surface area (Å²) in [5.41, 5.74) is 5.94. The molecule has 8 heteroatoms. The van der Waals surface area contributed by atoms with Crippen molar-refractivity contribution >= 4 is 24.1 Å². The van der Waals surface area contributed by atoms with Gasteiger partial charge in [0.05, 0.1) is 12.3 Å². The van der Waals surface area contributed by atoms with Crippen LogP contribution in [0.25, 0.3) is 5.70 Å². The molecule has 0 saturated carbocycles. The molecule has 51 heavy (non-hydrogen) atoms. The number of nitrogens with zero attached hydrogens (tertiary/aromatic N) is 2. The summed E-state index contributed by atoms with van der Waals surface area (Å²) in [6.07, 6.45) is 11.8. The zero-order chi connectivity index (χ0) is 39.8. The van der Waals surface area contributed by atoms with E-state index in [9.17, 15) is 4.79 Å². The molecule has 1 saturated heterocycles. The molecule has 0 aromatic heterocycles. The maximum atomic E-state index is 13.0. The topological polar surface area (TPSA) is 106 Å². The second-order valence-corrected chi connectivity index (χ2v) is 13.2. The van der Waals surface area contributed by atoms with Gasteiger partial charge in [0.1, 0.15) is 12.5 Å². The zero-order valence-electron chi connectivity index (χ0n) is 35.4. The second-order valence-electron chi connectivity index (χ2n) is 13.2. The van der Waals surface area contributed by atoms with Crippen LogP contribution in [-0.2, 0) is 16.0 Å². The first-order valence-electron chi connectivity index (χ1n) is 19.7. The molecular formula is C43H80N4O4. The van der Waals surface area contributed by atoms with E-state index in [0.717, 1.165) is 79.3 Å². The third-order valence-electron chi connectivity index (χ3n) is 8.79. The van der Waals surface area contributed by atoms with Crippen LogP contribution < -0.4 is 10.1 Å². The third kappa shape index (κ3) is 23.4. The van der Waals surface area contributed by atoms with Crippen molar-refractivity contribution in [2.24, 2.45) is 0 Å². The third-order valence-corrected chi connectivity index (χ3v) is 8.79. The normalized spacial score (nSPS) is 13.2. The molecule has 296 valence electrons. The van der Waals surface area contributed by atoms with Crippen LogP contribution in [0.4, 0.5) is 0 Å². The van der Waals surface area contributed by atoms with Crippen molar-refractivity contribution in [1.29, 1.82) is 5.41 Å². The molecule has 0 bridgehead atoms. The van der Waals surface area contributed by atoms with E-state index in [1.165, 1.54) is 44.3 Å². The van der Waals surface area contributed by atoms with Crippen molar-refractivity contribution in [3.8, 4) is 5.75 Å². The number of hydrogen-bond acceptors (Lipinski definition) is 7. The van der Waals surface area contributed by atoms with Gasteiger partial charge in [-0.05, 0) is 109 Å². The summed E-state index contributed by atoms with van der Waals surface area (Å²) >= 11 is 0. The molecule has 1 heterocycles. The Balaban J connectivity index is -0.000000851. The molecule has 1 fully saturated rings. The summed E-state index contributed by atoms with van der Waals surface area (Å²) in [5.74, 6) is 0.627. The number of benzene rings is 1. The standard InChI is InChI=1S/C25H38N2O2.C9H20N2O.2C4H10.CH2O/c1-8-12-20-14-15-23(29-11-4)21(16-20)24(17(5)10-3)27-25(28)19(7)18(6)22(26)13-9-2;1-10-7-9(8-10)11(2)5-3-4-6-12;2*1-3-4-2;1-2/h14-16,26H,8-13H2,1-7H3,(H,27,28);9,12H,3-8H2,1-2H3;2*3-4H2,1-2H3;1H2/b19-18+,24-17?,26-22?;;;;. The van der Waals surface area contributed by atoms with Crippen LogP contribution in [0.15, 0.2) is 34.9 Å². The lowest BCUT2D eigenvalue weighted by Gasteiger charge is -2.42. The number of amides is 1. The van der Waals surface area contributed by atoms with Crippen molar-refractivity contribution in [3.05, 3.63) is 46.0 Å². The van der Waals surface area contributed by atoms with Crippen molar-refractivity contribution < 1.29 is 19.4 Å². The summed E-state index contributed by atoms with van der Waals surface area (Å²) < 4.78 is 5.87. The smallest absolute Gasteiger partial charge is 0.251 e. The summed E-state index contributed by atoms with van der Waals surface area (Å²) in [7, 11) is 4.33. The quantitative estimate of drug-likeness (QED) is 0.0794. The molecule has 0 aliphatic carbocycles. The van der Waals surface area contributed by atoms with E-state index in [1.807, 2.05) is 40.6 Å². The van der Waals surface area contributed by atoms with E-state index < -0.39 is 0 Å².